The number of hydrogen-bond donors (Lipinski definition) is 1. The van der Waals surface area contributed by atoms with Crippen molar-refractivity contribution >= 4 is 10.0 Å². The molecular weight excluding hydrogens is 250 g/mol. The van der Waals surface area contributed by atoms with Crippen LogP contribution in [0.25, 0.3) is 0 Å². The topological polar surface area (TPSA) is 57.6 Å². The molecule has 3 unspecified atom stereocenters. The molecule has 1 N–H and O–H groups in total. The van der Waals surface area contributed by atoms with Crippen molar-refractivity contribution in [2.75, 3.05) is 18.9 Å². The molecule has 18 heavy (non-hydrogen) atoms. The van der Waals surface area contributed by atoms with E-state index >= 15 is 0 Å². The molecule has 1 fully saturated rings. The highest BCUT2D eigenvalue weighted by atomic mass is 32.2. The summed E-state index contributed by atoms with van der Waals surface area (Å²) in [4.78, 5) is 0. The third-order valence-electron chi connectivity index (χ3n) is 3.81. The van der Waals surface area contributed by atoms with E-state index in [1.807, 2.05) is 13.8 Å². The molecule has 0 saturated carbocycles. The van der Waals surface area contributed by atoms with Gasteiger partial charge < -0.3 is 5.11 Å². The van der Waals surface area contributed by atoms with Gasteiger partial charge in [-0.25, -0.2) is 8.42 Å². The molecule has 0 amide bonds. The zero-order valence-electron chi connectivity index (χ0n) is 11.8. The van der Waals surface area contributed by atoms with Crippen molar-refractivity contribution in [1.29, 1.82) is 0 Å². The molecule has 1 saturated heterocycles. The first kappa shape index (κ1) is 15.9. The first-order valence-corrected chi connectivity index (χ1v) is 8.62. The third-order valence-corrected chi connectivity index (χ3v) is 6.03. The van der Waals surface area contributed by atoms with Gasteiger partial charge in [-0.15, -0.1) is 0 Å². The number of sulfonamides is 1. The van der Waals surface area contributed by atoms with Gasteiger partial charge in [0, 0.05) is 19.2 Å². The maximum Gasteiger partial charge on any atom is 0.214 e. The van der Waals surface area contributed by atoms with Gasteiger partial charge in [0.25, 0.3) is 0 Å². The minimum Gasteiger partial charge on any atom is -0.396 e. The Balaban J connectivity index is 2.69. The normalized spacial score (nSPS) is 28.2. The molecular formula is C13H27NO3S. The first-order valence-electron chi connectivity index (χ1n) is 7.01. The summed E-state index contributed by atoms with van der Waals surface area (Å²) in [6.45, 7) is 6.62. The van der Waals surface area contributed by atoms with E-state index in [0.717, 1.165) is 25.7 Å². The lowest BCUT2D eigenvalue weighted by molar-refractivity contribution is 0.139. The molecule has 1 aliphatic heterocycles. The van der Waals surface area contributed by atoms with Crippen LogP contribution >= 0.6 is 0 Å². The van der Waals surface area contributed by atoms with Crippen LogP contribution in [0, 0.1) is 11.8 Å². The molecule has 0 aromatic heterocycles. The Morgan fingerprint density at radius 3 is 2.61 bits per heavy atom. The Morgan fingerprint density at radius 2 is 2.06 bits per heavy atom. The van der Waals surface area contributed by atoms with E-state index < -0.39 is 10.0 Å². The van der Waals surface area contributed by atoms with Crippen LogP contribution in [-0.4, -0.2) is 42.8 Å². The molecule has 0 aromatic carbocycles. The summed E-state index contributed by atoms with van der Waals surface area (Å²) >= 11 is 0. The highest BCUT2D eigenvalue weighted by molar-refractivity contribution is 7.89. The second-order valence-corrected chi connectivity index (χ2v) is 7.68. The average molecular weight is 277 g/mol. The summed E-state index contributed by atoms with van der Waals surface area (Å²) in [6, 6.07) is 0.0756. The SMILES string of the molecule is CCCC(C)CS(=O)(=O)N1CC(CO)CCC1C. The van der Waals surface area contributed by atoms with Crippen LogP contribution in [0.15, 0.2) is 0 Å². The Bertz CT molecular complexity index is 342. The molecule has 0 aliphatic carbocycles. The molecule has 0 spiro atoms. The van der Waals surface area contributed by atoms with Crippen molar-refractivity contribution in [1.82, 2.24) is 4.31 Å². The number of rotatable bonds is 6. The lowest BCUT2D eigenvalue weighted by Gasteiger charge is -2.36. The molecule has 4 nitrogen and oxygen atoms in total. The molecule has 0 radical (unpaired) electrons. The molecule has 1 rings (SSSR count). The van der Waals surface area contributed by atoms with Gasteiger partial charge in [0.2, 0.25) is 10.0 Å². The van der Waals surface area contributed by atoms with Gasteiger partial charge in [0.05, 0.1) is 5.75 Å². The van der Waals surface area contributed by atoms with Gasteiger partial charge >= 0.3 is 0 Å². The van der Waals surface area contributed by atoms with Crippen LogP contribution in [0.1, 0.15) is 46.5 Å². The molecule has 1 aliphatic rings. The number of aliphatic hydroxyl groups is 1. The largest absolute Gasteiger partial charge is 0.396 e. The highest BCUT2D eigenvalue weighted by Gasteiger charge is 2.34. The van der Waals surface area contributed by atoms with Crippen molar-refractivity contribution < 1.29 is 13.5 Å². The lowest BCUT2D eigenvalue weighted by Crippen LogP contribution is -2.47. The standard InChI is InChI=1S/C13H27NO3S/c1-4-5-11(2)10-18(16,17)14-8-13(9-15)7-6-12(14)3/h11-13,15H,4-10H2,1-3H3. The Morgan fingerprint density at radius 1 is 1.39 bits per heavy atom. The van der Waals surface area contributed by atoms with Gasteiger partial charge in [0.1, 0.15) is 0 Å². The fourth-order valence-electron chi connectivity index (χ4n) is 2.71. The van der Waals surface area contributed by atoms with Crippen LogP contribution in [-0.2, 0) is 10.0 Å². The fourth-order valence-corrected chi connectivity index (χ4v) is 4.88. The second-order valence-electron chi connectivity index (χ2n) is 5.72. The molecule has 108 valence electrons. The summed E-state index contributed by atoms with van der Waals surface area (Å²) in [5.74, 6) is 0.558. The van der Waals surface area contributed by atoms with E-state index in [-0.39, 0.29) is 30.2 Å². The predicted molar refractivity (Wildman–Crippen MR) is 73.8 cm³/mol. The van der Waals surface area contributed by atoms with Crippen molar-refractivity contribution in [2.24, 2.45) is 11.8 Å². The summed E-state index contributed by atoms with van der Waals surface area (Å²) < 4.78 is 26.4. The van der Waals surface area contributed by atoms with Crippen molar-refractivity contribution in [2.45, 2.75) is 52.5 Å². The van der Waals surface area contributed by atoms with E-state index in [9.17, 15) is 13.5 Å². The minimum atomic E-state index is -3.17. The Hall–Kier alpha value is -0.130. The zero-order valence-corrected chi connectivity index (χ0v) is 12.6. The van der Waals surface area contributed by atoms with Crippen LogP contribution in [0.4, 0.5) is 0 Å². The van der Waals surface area contributed by atoms with Crippen molar-refractivity contribution in [3.63, 3.8) is 0 Å². The van der Waals surface area contributed by atoms with Crippen LogP contribution in [0.5, 0.6) is 0 Å². The molecule has 1 heterocycles. The fraction of sp³-hybridized carbons (Fsp3) is 1.00. The second kappa shape index (κ2) is 6.87. The Kier molecular flexibility index (Phi) is 6.08. The number of piperidine rings is 1. The molecule has 3 atom stereocenters. The molecule has 5 heteroatoms. The number of aliphatic hydroxyl groups excluding tert-OH is 1. The van der Waals surface area contributed by atoms with E-state index in [0.29, 0.717) is 6.54 Å². The maximum atomic E-state index is 12.4. The van der Waals surface area contributed by atoms with Crippen molar-refractivity contribution in [3.8, 4) is 0 Å². The summed E-state index contributed by atoms with van der Waals surface area (Å²) in [5, 5.41) is 9.21. The average Bonchev–Trinajstić information content (AvgIpc) is 2.29. The number of nitrogens with zero attached hydrogens (tertiary/aromatic N) is 1. The smallest absolute Gasteiger partial charge is 0.214 e. The number of hydrogen-bond acceptors (Lipinski definition) is 3. The monoisotopic (exact) mass is 277 g/mol. The summed E-state index contributed by atoms with van der Waals surface area (Å²) in [5.41, 5.74) is 0. The van der Waals surface area contributed by atoms with Gasteiger partial charge in [-0.05, 0) is 38.0 Å². The van der Waals surface area contributed by atoms with Crippen LogP contribution in [0.3, 0.4) is 0 Å². The summed E-state index contributed by atoms with van der Waals surface area (Å²) in [6.07, 6.45) is 3.75. The lowest BCUT2D eigenvalue weighted by atomic mass is 9.96. The first-order chi connectivity index (χ1) is 8.40. The van der Waals surface area contributed by atoms with E-state index in [1.165, 1.54) is 0 Å². The van der Waals surface area contributed by atoms with Crippen molar-refractivity contribution in [3.05, 3.63) is 0 Å². The highest BCUT2D eigenvalue weighted by Crippen LogP contribution is 2.25. The Labute approximate surface area is 111 Å². The van der Waals surface area contributed by atoms with E-state index in [1.54, 1.807) is 4.31 Å². The zero-order chi connectivity index (χ0) is 13.8. The third kappa shape index (κ3) is 4.21. The molecule has 0 aromatic rings. The van der Waals surface area contributed by atoms with E-state index in [2.05, 4.69) is 6.92 Å². The van der Waals surface area contributed by atoms with Gasteiger partial charge in [-0.1, -0.05) is 20.3 Å². The molecule has 0 bridgehead atoms. The quantitative estimate of drug-likeness (QED) is 0.806. The predicted octanol–water partition coefficient (Wildman–Crippen LogP) is 1.85. The minimum absolute atomic E-state index is 0.0756. The maximum absolute atomic E-state index is 12.4. The van der Waals surface area contributed by atoms with Gasteiger partial charge in [0.15, 0.2) is 0 Å². The summed E-state index contributed by atoms with van der Waals surface area (Å²) in [7, 11) is -3.17. The van der Waals surface area contributed by atoms with Crippen LogP contribution < -0.4 is 0 Å². The van der Waals surface area contributed by atoms with Gasteiger partial charge in [-0.2, -0.15) is 4.31 Å². The van der Waals surface area contributed by atoms with Crippen LogP contribution in [0.2, 0.25) is 0 Å². The van der Waals surface area contributed by atoms with E-state index in [4.69, 9.17) is 0 Å². The van der Waals surface area contributed by atoms with Gasteiger partial charge in [-0.3, -0.25) is 0 Å².